The van der Waals surface area contributed by atoms with Gasteiger partial charge in [-0.3, -0.25) is 13.9 Å². The summed E-state index contributed by atoms with van der Waals surface area (Å²) in [5.41, 5.74) is -0.0552. The molecule has 9 nitrogen and oxygen atoms in total. The van der Waals surface area contributed by atoms with E-state index in [2.05, 4.69) is 9.97 Å². The Morgan fingerprint density at radius 1 is 1.17 bits per heavy atom. The number of phenols is 1. The Hall–Kier alpha value is -2.10. The molecule has 0 bridgehead atoms. The van der Waals surface area contributed by atoms with Gasteiger partial charge in [0.05, 0.1) is 6.33 Å². The molecule has 24 heavy (non-hydrogen) atoms. The van der Waals surface area contributed by atoms with Crippen LogP contribution in [-0.2, 0) is 14.1 Å². The molecule has 0 spiro atoms. The Morgan fingerprint density at radius 2 is 1.79 bits per heavy atom. The van der Waals surface area contributed by atoms with Crippen molar-refractivity contribution in [1.29, 1.82) is 0 Å². The topological polar surface area (TPSA) is 130 Å². The number of hydrogen-bond acceptors (Lipinski definition) is 5. The van der Waals surface area contributed by atoms with Gasteiger partial charge in [-0.05, 0) is 12.1 Å². The fourth-order valence-electron chi connectivity index (χ4n) is 1.92. The Kier molecular flexibility index (Phi) is 6.76. The van der Waals surface area contributed by atoms with Gasteiger partial charge in [0.25, 0.3) is 5.56 Å². The molecule has 0 fully saturated rings. The van der Waals surface area contributed by atoms with Crippen molar-refractivity contribution in [2.75, 3.05) is 0 Å². The minimum absolute atomic E-state index is 0. The standard InChI is InChI=1S/C7H8N4O2.C7H6O3.Ca.2H/c1-10-5-4(8-3-9-5)6(12)11(2)7(10)13;8-6-4-2-1-3-5(6)7(9)10;;;/h3H,1-2H3,(H,8,9);1-4,8H,(H,9,10);;;. The van der Waals surface area contributed by atoms with E-state index in [0.717, 1.165) is 4.57 Å². The second kappa shape index (κ2) is 8.13. The van der Waals surface area contributed by atoms with E-state index in [1.807, 2.05) is 0 Å². The van der Waals surface area contributed by atoms with Gasteiger partial charge in [0.2, 0.25) is 0 Å². The predicted molar refractivity (Wildman–Crippen MR) is 90.2 cm³/mol. The number of carboxylic acid groups (broad SMARTS) is 1. The zero-order valence-corrected chi connectivity index (χ0v) is 12.3. The van der Waals surface area contributed by atoms with E-state index in [4.69, 9.17) is 10.2 Å². The third kappa shape index (κ3) is 3.86. The molecule has 3 N–H and O–H groups in total. The maximum atomic E-state index is 11.4. The summed E-state index contributed by atoms with van der Waals surface area (Å²) in [5, 5.41) is 17.3. The second-order valence-corrected chi connectivity index (χ2v) is 4.63. The molecule has 0 aliphatic heterocycles. The van der Waals surface area contributed by atoms with Crippen LogP contribution in [0.1, 0.15) is 10.4 Å². The van der Waals surface area contributed by atoms with E-state index < -0.39 is 5.97 Å². The number of carboxylic acids is 1. The Morgan fingerprint density at radius 3 is 2.33 bits per heavy atom. The van der Waals surface area contributed by atoms with Gasteiger partial charge < -0.3 is 15.2 Å². The molecule has 2 aromatic heterocycles. The summed E-state index contributed by atoms with van der Waals surface area (Å²) in [6, 6.07) is 5.81. The monoisotopic (exact) mass is 360 g/mol. The number of para-hydroxylation sites is 1. The van der Waals surface area contributed by atoms with Crippen LogP contribution in [-0.4, -0.2) is 73.0 Å². The van der Waals surface area contributed by atoms with Crippen molar-refractivity contribution in [1.82, 2.24) is 19.1 Å². The third-order valence-electron chi connectivity index (χ3n) is 3.16. The summed E-state index contributed by atoms with van der Waals surface area (Å²) in [5.74, 6) is -1.31. The normalized spacial score (nSPS) is 9.75. The van der Waals surface area contributed by atoms with Crippen LogP contribution in [0.25, 0.3) is 11.2 Å². The van der Waals surface area contributed by atoms with Crippen LogP contribution < -0.4 is 11.2 Å². The van der Waals surface area contributed by atoms with Gasteiger partial charge in [-0.25, -0.2) is 14.6 Å². The van der Waals surface area contributed by atoms with Crippen molar-refractivity contribution in [2.24, 2.45) is 14.1 Å². The van der Waals surface area contributed by atoms with E-state index in [1.54, 1.807) is 19.2 Å². The van der Waals surface area contributed by atoms with E-state index in [9.17, 15) is 14.4 Å². The van der Waals surface area contributed by atoms with Crippen molar-refractivity contribution in [3.63, 3.8) is 0 Å². The summed E-state index contributed by atoms with van der Waals surface area (Å²) in [6.07, 6.45) is 1.39. The van der Waals surface area contributed by atoms with Crippen LogP contribution in [0.4, 0.5) is 0 Å². The zero-order valence-electron chi connectivity index (χ0n) is 12.3. The van der Waals surface area contributed by atoms with Gasteiger partial charge in [-0.15, -0.1) is 0 Å². The molecule has 0 unspecified atom stereocenters. The molecule has 0 amide bonds. The SMILES string of the molecule is Cn1c(=O)c2[nH]cnc2n(C)c1=O.O=C(O)c1ccccc1O.[CaH2]. The molecule has 10 heteroatoms. The van der Waals surface area contributed by atoms with Gasteiger partial charge in [0.15, 0.2) is 5.65 Å². The Bertz CT molecular complexity index is 989. The van der Waals surface area contributed by atoms with Crippen molar-refractivity contribution in [2.45, 2.75) is 0 Å². The molecule has 0 atom stereocenters. The first kappa shape index (κ1) is 19.9. The number of benzene rings is 1. The van der Waals surface area contributed by atoms with Crippen LogP contribution in [0, 0.1) is 0 Å². The van der Waals surface area contributed by atoms with Gasteiger partial charge in [-0.1, -0.05) is 12.1 Å². The fraction of sp³-hybridized carbons (Fsp3) is 0.143. The predicted octanol–water partition coefficient (Wildman–Crippen LogP) is -0.866. The molecule has 3 rings (SSSR count). The maximum absolute atomic E-state index is 11.4. The molecule has 124 valence electrons. The molecule has 1 aromatic carbocycles. The van der Waals surface area contributed by atoms with Gasteiger partial charge >= 0.3 is 49.4 Å². The van der Waals surface area contributed by atoms with Crippen LogP contribution in [0.3, 0.4) is 0 Å². The molecule has 3 aromatic rings. The summed E-state index contributed by atoms with van der Waals surface area (Å²) in [7, 11) is 3.01. The van der Waals surface area contributed by atoms with Gasteiger partial charge in [0.1, 0.15) is 16.8 Å². The van der Waals surface area contributed by atoms with Crippen molar-refractivity contribution >= 4 is 54.9 Å². The van der Waals surface area contributed by atoms with Gasteiger partial charge in [-0.2, -0.15) is 0 Å². The van der Waals surface area contributed by atoms with Crippen molar-refractivity contribution in [3.8, 4) is 5.75 Å². The second-order valence-electron chi connectivity index (χ2n) is 4.63. The molecular formula is C14H16CaN4O5. The number of nitrogens with zero attached hydrogens (tertiary/aromatic N) is 3. The first-order chi connectivity index (χ1) is 10.8. The molecule has 2 heterocycles. The molecular weight excluding hydrogens is 344 g/mol. The van der Waals surface area contributed by atoms with Crippen LogP contribution in [0.15, 0.2) is 40.2 Å². The number of aromatic nitrogens is 4. The number of aromatic hydroxyl groups is 1. The number of H-pyrrole nitrogens is 1. The average Bonchev–Trinajstić information content (AvgIpc) is 3.01. The summed E-state index contributed by atoms with van der Waals surface area (Å²) >= 11 is 0. The van der Waals surface area contributed by atoms with E-state index in [1.165, 1.54) is 30.1 Å². The van der Waals surface area contributed by atoms with Gasteiger partial charge in [0, 0.05) is 14.1 Å². The van der Waals surface area contributed by atoms with Crippen LogP contribution in [0.2, 0.25) is 0 Å². The fourth-order valence-corrected chi connectivity index (χ4v) is 1.92. The number of rotatable bonds is 1. The molecule has 0 aliphatic carbocycles. The molecule has 0 saturated carbocycles. The number of fused-ring (bicyclic) bond motifs is 1. The Labute approximate surface area is 165 Å². The van der Waals surface area contributed by atoms with E-state index >= 15 is 0 Å². The number of carbonyl (C=O) groups is 1. The summed E-state index contributed by atoms with van der Waals surface area (Å²) < 4.78 is 2.37. The minimum atomic E-state index is -1.11. The van der Waals surface area contributed by atoms with Crippen LogP contribution in [0.5, 0.6) is 5.75 Å². The number of nitrogens with one attached hydrogen (secondary N) is 1. The number of imidazole rings is 1. The van der Waals surface area contributed by atoms with Crippen molar-refractivity contribution in [3.05, 3.63) is 57.0 Å². The van der Waals surface area contributed by atoms with E-state index in [-0.39, 0.29) is 60.3 Å². The number of hydrogen-bond donors (Lipinski definition) is 3. The number of aromatic amines is 1. The summed E-state index contributed by atoms with van der Waals surface area (Å²) in [4.78, 5) is 39.6. The molecule has 0 saturated heterocycles. The number of aryl methyl sites for hydroxylation is 1. The number of aromatic carboxylic acids is 1. The first-order valence-electron chi connectivity index (χ1n) is 6.45. The quantitative estimate of drug-likeness (QED) is 0.484. The first-order valence-corrected chi connectivity index (χ1v) is 6.45. The zero-order chi connectivity index (χ0) is 17.1. The average molecular weight is 360 g/mol. The van der Waals surface area contributed by atoms with Crippen LogP contribution >= 0.6 is 0 Å². The third-order valence-corrected chi connectivity index (χ3v) is 3.16. The Balaban J connectivity index is 0.000000238. The molecule has 0 radical (unpaired) electrons. The molecule has 0 aliphatic rings. The van der Waals surface area contributed by atoms with E-state index in [0.29, 0.717) is 11.2 Å². The van der Waals surface area contributed by atoms with Crippen molar-refractivity contribution < 1.29 is 15.0 Å². The summed E-state index contributed by atoms with van der Waals surface area (Å²) in [6.45, 7) is 0.